The highest BCUT2D eigenvalue weighted by Gasteiger charge is 2.58. The summed E-state index contributed by atoms with van der Waals surface area (Å²) in [5, 5.41) is 19.9. The summed E-state index contributed by atoms with van der Waals surface area (Å²) in [7, 11) is -7.44. The van der Waals surface area contributed by atoms with Gasteiger partial charge in [0.2, 0.25) is 0 Å². The number of nitrogens with zero attached hydrogens (tertiary/aromatic N) is 2. The highest BCUT2D eigenvalue weighted by Crippen LogP contribution is 2.44. The predicted molar refractivity (Wildman–Crippen MR) is 153 cm³/mol. The van der Waals surface area contributed by atoms with Gasteiger partial charge in [0.25, 0.3) is 26.1 Å². The Balaban J connectivity index is 3.52. The van der Waals surface area contributed by atoms with E-state index in [-0.39, 0.29) is 38.3 Å². The lowest BCUT2D eigenvalue weighted by molar-refractivity contribution is -0.164. The van der Waals surface area contributed by atoms with Gasteiger partial charge in [-0.3, -0.25) is 18.0 Å². The van der Waals surface area contributed by atoms with Crippen molar-refractivity contribution in [3.05, 3.63) is 29.8 Å². The quantitative estimate of drug-likeness (QED) is 0.273. The van der Waals surface area contributed by atoms with Crippen LogP contribution in [0.15, 0.2) is 24.3 Å². The summed E-state index contributed by atoms with van der Waals surface area (Å²) in [5.74, 6) is -3.14. The van der Waals surface area contributed by atoms with Crippen LogP contribution >= 0.6 is 0 Å². The molecule has 1 rings (SSSR count). The summed E-state index contributed by atoms with van der Waals surface area (Å²) in [6.45, 7) is 9.59. The molecule has 2 N–H and O–H groups in total. The summed E-state index contributed by atoms with van der Waals surface area (Å²) in [5.41, 5.74) is -3.35. The smallest absolute Gasteiger partial charge is 0.330 e. The second kappa shape index (κ2) is 13.5. The van der Waals surface area contributed by atoms with Crippen LogP contribution in [0.4, 0.5) is 5.69 Å². The molecule has 15 heteroatoms. The monoisotopic (exact) mass is 622 g/mol. The van der Waals surface area contributed by atoms with Gasteiger partial charge in [-0.1, -0.05) is 20.8 Å². The van der Waals surface area contributed by atoms with Gasteiger partial charge in [0.1, 0.15) is 5.54 Å². The number of carboxylic acid groups (broad SMARTS) is 2. The van der Waals surface area contributed by atoms with E-state index in [0.717, 1.165) is 12.5 Å². The van der Waals surface area contributed by atoms with E-state index in [4.69, 9.17) is 8.37 Å². The first-order chi connectivity index (χ1) is 18.4. The summed E-state index contributed by atoms with van der Waals surface area (Å²) in [6, 6.07) is 6.02. The number of carbonyl (C=O) groups excluding carboxylic acids is 1. The molecule has 41 heavy (non-hydrogen) atoms. The van der Waals surface area contributed by atoms with E-state index in [9.17, 15) is 41.4 Å². The molecule has 0 radical (unpaired) electrons. The first-order valence-electron chi connectivity index (χ1n) is 12.8. The van der Waals surface area contributed by atoms with Crippen molar-refractivity contribution in [2.75, 3.05) is 43.7 Å². The Bertz CT molecular complexity index is 1260. The predicted octanol–water partition coefficient (Wildman–Crippen LogP) is 2.42. The van der Waals surface area contributed by atoms with Crippen LogP contribution in [0.5, 0.6) is 0 Å². The lowest BCUT2D eigenvalue weighted by Crippen LogP contribution is -2.69. The fourth-order valence-corrected chi connectivity index (χ4v) is 5.35. The van der Waals surface area contributed by atoms with Crippen molar-refractivity contribution < 1.29 is 49.8 Å². The Labute approximate surface area is 242 Å². The number of rotatable bonds is 15. The molecule has 1 amide bonds. The number of aliphatic carboxylic acids is 2. The first kappa shape index (κ1) is 36.3. The molecular formula is C26H42N2O11S2. The van der Waals surface area contributed by atoms with Crippen LogP contribution in [0.3, 0.4) is 0 Å². The number of benzene rings is 1. The van der Waals surface area contributed by atoms with Crippen LogP contribution in [0, 0.1) is 5.41 Å². The SMILES string of the molecule is CC(C)(C)N(C(=O)c1ccc(N(CCOS(C)(=O)=O)CCOS(C)(=O)=O)cc1)[C@@](CCC(=O)O)(C(=O)O)C(C)(C)C. The normalized spacial score (nSPS) is 14.2. The van der Waals surface area contributed by atoms with Crippen molar-refractivity contribution in [2.45, 2.75) is 65.5 Å². The molecule has 1 aromatic rings. The van der Waals surface area contributed by atoms with Crippen LogP contribution in [0.2, 0.25) is 0 Å². The molecule has 1 aromatic carbocycles. The van der Waals surface area contributed by atoms with Gasteiger partial charge in [-0.15, -0.1) is 0 Å². The molecular weight excluding hydrogens is 580 g/mol. The molecule has 1 atom stereocenters. The summed E-state index contributed by atoms with van der Waals surface area (Å²) >= 11 is 0. The fraction of sp³-hybridized carbons (Fsp3) is 0.654. The molecule has 0 aliphatic heterocycles. The topological polar surface area (TPSA) is 185 Å². The minimum atomic E-state index is -3.72. The van der Waals surface area contributed by atoms with Crippen molar-refractivity contribution >= 4 is 43.8 Å². The standard InChI is InChI=1S/C26H42N2O11S2/c1-24(2,3)26(23(32)33,14-13-21(29)30)28(25(4,5)6)22(31)19-9-11-20(12-10-19)27(15-17-38-40(7,34)35)16-18-39-41(8,36)37/h9-12H,13-18H2,1-8H3,(H,29,30)(H,32,33)/t26-/m0/s1. The molecule has 0 saturated heterocycles. The van der Waals surface area contributed by atoms with Crippen LogP contribution in [0.25, 0.3) is 0 Å². The molecule has 234 valence electrons. The van der Waals surface area contributed by atoms with E-state index in [1.807, 2.05) is 0 Å². The molecule has 0 heterocycles. The van der Waals surface area contributed by atoms with Gasteiger partial charge in [0.15, 0.2) is 0 Å². The highest BCUT2D eigenvalue weighted by atomic mass is 32.2. The van der Waals surface area contributed by atoms with Crippen molar-refractivity contribution in [1.82, 2.24) is 4.90 Å². The van der Waals surface area contributed by atoms with Crippen molar-refractivity contribution in [3.63, 3.8) is 0 Å². The zero-order valence-electron chi connectivity index (χ0n) is 24.8. The van der Waals surface area contributed by atoms with E-state index in [1.165, 1.54) is 17.0 Å². The third-order valence-corrected chi connectivity index (χ3v) is 7.54. The van der Waals surface area contributed by atoms with Crippen LogP contribution in [-0.4, -0.2) is 99.7 Å². The second-order valence-electron chi connectivity index (χ2n) is 11.7. The minimum absolute atomic E-state index is 0.0446. The maximum atomic E-state index is 14.0. The minimum Gasteiger partial charge on any atom is -0.481 e. The molecule has 0 aromatic heterocycles. The Morgan fingerprint density at radius 2 is 1.24 bits per heavy atom. The molecule has 0 aliphatic rings. The highest BCUT2D eigenvalue weighted by molar-refractivity contribution is 7.86. The summed E-state index contributed by atoms with van der Waals surface area (Å²) < 4.78 is 55.1. The van der Waals surface area contributed by atoms with Crippen molar-refractivity contribution in [2.24, 2.45) is 5.41 Å². The molecule has 0 bridgehead atoms. The van der Waals surface area contributed by atoms with Crippen molar-refractivity contribution in [3.8, 4) is 0 Å². The van der Waals surface area contributed by atoms with E-state index >= 15 is 0 Å². The molecule has 13 nitrogen and oxygen atoms in total. The summed E-state index contributed by atoms with van der Waals surface area (Å²) in [4.78, 5) is 41.2. The zero-order chi connectivity index (χ0) is 32.0. The Morgan fingerprint density at radius 1 is 0.805 bits per heavy atom. The largest absolute Gasteiger partial charge is 0.481 e. The van der Waals surface area contributed by atoms with E-state index in [2.05, 4.69) is 0 Å². The number of hydrogen-bond acceptors (Lipinski definition) is 10. The number of hydrogen-bond donors (Lipinski definition) is 2. The van der Waals surface area contributed by atoms with Gasteiger partial charge >= 0.3 is 11.9 Å². The van der Waals surface area contributed by atoms with Crippen molar-refractivity contribution in [1.29, 1.82) is 0 Å². The molecule has 0 spiro atoms. The number of anilines is 1. The van der Waals surface area contributed by atoms with Crippen LogP contribution < -0.4 is 4.90 Å². The van der Waals surface area contributed by atoms with Gasteiger partial charge in [-0.2, -0.15) is 16.8 Å². The van der Waals surface area contributed by atoms with Gasteiger partial charge in [0, 0.05) is 36.3 Å². The number of carbonyl (C=O) groups is 3. The van der Waals surface area contributed by atoms with Gasteiger partial charge in [-0.05, 0) is 56.9 Å². The van der Waals surface area contributed by atoms with E-state index in [1.54, 1.807) is 58.6 Å². The fourth-order valence-electron chi connectivity index (χ4n) is 4.60. The maximum absolute atomic E-state index is 14.0. The Morgan fingerprint density at radius 3 is 1.56 bits per heavy atom. The van der Waals surface area contributed by atoms with Crippen LogP contribution in [0.1, 0.15) is 64.7 Å². The second-order valence-corrected chi connectivity index (χ2v) is 15.0. The average molecular weight is 623 g/mol. The third kappa shape index (κ3) is 10.5. The molecule has 0 fully saturated rings. The van der Waals surface area contributed by atoms with Gasteiger partial charge in [-0.25, -0.2) is 4.79 Å². The van der Waals surface area contributed by atoms with E-state index in [0.29, 0.717) is 5.69 Å². The maximum Gasteiger partial charge on any atom is 0.330 e. The van der Waals surface area contributed by atoms with Crippen LogP contribution in [-0.2, 0) is 38.2 Å². The Hall–Kier alpha value is -2.75. The molecule has 0 aliphatic carbocycles. The lowest BCUT2D eigenvalue weighted by Gasteiger charge is -2.54. The number of carboxylic acids is 2. The molecule has 0 unspecified atom stereocenters. The molecule has 0 saturated carbocycles. The first-order valence-corrected chi connectivity index (χ1v) is 16.4. The lowest BCUT2D eigenvalue weighted by atomic mass is 9.67. The van der Waals surface area contributed by atoms with Gasteiger partial charge < -0.3 is 20.0 Å². The van der Waals surface area contributed by atoms with Gasteiger partial charge in [0.05, 0.1) is 25.7 Å². The zero-order valence-corrected chi connectivity index (χ0v) is 26.5. The Kier molecular flexibility index (Phi) is 11.9. The summed E-state index contributed by atoms with van der Waals surface area (Å²) in [6.07, 6.45) is 1.01. The average Bonchev–Trinajstić information content (AvgIpc) is 2.77. The third-order valence-electron chi connectivity index (χ3n) is 6.35. The van der Waals surface area contributed by atoms with E-state index < -0.39 is 61.0 Å². The number of amides is 1.